The third-order valence-electron chi connectivity index (χ3n) is 2.06. The third kappa shape index (κ3) is 6.03. The molecule has 0 fully saturated rings. The number of hydrogen-bond donors (Lipinski definition) is 2. The van der Waals surface area contributed by atoms with E-state index in [1.807, 2.05) is 19.1 Å². The second-order valence-corrected chi connectivity index (χ2v) is 5.50. The molecule has 2 rings (SSSR count). The smallest absolute Gasteiger partial charge is 0.307 e. The normalized spacial score (nSPS) is 10.9. The standard InChI is InChI=1S/C11H10O3.CH4O3S/c1-7-4-9-5-8(6-11(12)13)2-3-10(9)14-7;1-5(2,3)4/h2-5H,6H2,1H3,(H,12,13);1H3,(H,2,3,4). The number of fused-ring (bicyclic) bond motifs is 1. The summed E-state index contributed by atoms with van der Waals surface area (Å²) in [5.74, 6) is 0.0250. The molecule has 0 radical (unpaired) electrons. The highest BCUT2D eigenvalue weighted by Crippen LogP contribution is 2.20. The fourth-order valence-electron chi connectivity index (χ4n) is 1.51. The van der Waals surface area contributed by atoms with Crippen LogP contribution in [0.4, 0.5) is 0 Å². The van der Waals surface area contributed by atoms with E-state index in [-0.39, 0.29) is 6.42 Å². The molecule has 0 atom stereocenters. The zero-order valence-electron chi connectivity index (χ0n) is 10.5. The Morgan fingerprint density at radius 3 is 2.42 bits per heavy atom. The summed E-state index contributed by atoms with van der Waals surface area (Å²) in [5.41, 5.74) is 1.60. The molecule has 0 aliphatic rings. The van der Waals surface area contributed by atoms with E-state index in [0.717, 1.165) is 22.3 Å². The van der Waals surface area contributed by atoms with E-state index in [2.05, 4.69) is 0 Å². The first-order valence-electron chi connectivity index (χ1n) is 5.28. The fraction of sp³-hybridized carbons (Fsp3) is 0.250. The summed E-state index contributed by atoms with van der Waals surface area (Å²) >= 11 is 0. The SMILES string of the molecule is CS(=O)(=O)O.Cc1cc2cc(CC(=O)O)ccc2o1. The van der Waals surface area contributed by atoms with E-state index in [1.54, 1.807) is 12.1 Å². The molecule has 0 bridgehead atoms. The average molecular weight is 286 g/mol. The molecule has 104 valence electrons. The summed E-state index contributed by atoms with van der Waals surface area (Å²) in [5, 5.41) is 9.58. The lowest BCUT2D eigenvalue weighted by molar-refractivity contribution is -0.136. The highest BCUT2D eigenvalue weighted by Gasteiger charge is 2.04. The van der Waals surface area contributed by atoms with Crippen LogP contribution in [0, 0.1) is 6.92 Å². The molecule has 7 heteroatoms. The average Bonchev–Trinajstić information content (AvgIpc) is 2.53. The Kier molecular flexibility index (Phi) is 4.68. The van der Waals surface area contributed by atoms with Gasteiger partial charge in [-0.2, -0.15) is 8.42 Å². The van der Waals surface area contributed by atoms with E-state index in [0.29, 0.717) is 6.26 Å². The van der Waals surface area contributed by atoms with Crippen LogP contribution < -0.4 is 0 Å². The second kappa shape index (κ2) is 5.85. The van der Waals surface area contributed by atoms with Gasteiger partial charge in [0, 0.05) is 5.39 Å². The van der Waals surface area contributed by atoms with Crippen molar-refractivity contribution in [2.45, 2.75) is 13.3 Å². The van der Waals surface area contributed by atoms with Crippen LogP contribution in [0.25, 0.3) is 11.0 Å². The summed E-state index contributed by atoms with van der Waals surface area (Å²) < 4.78 is 31.2. The fourth-order valence-corrected chi connectivity index (χ4v) is 1.51. The van der Waals surface area contributed by atoms with Gasteiger partial charge in [-0.1, -0.05) is 6.07 Å². The van der Waals surface area contributed by atoms with E-state index < -0.39 is 16.1 Å². The lowest BCUT2D eigenvalue weighted by atomic mass is 10.1. The van der Waals surface area contributed by atoms with Crippen LogP contribution in [0.15, 0.2) is 28.7 Å². The summed E-state index contributed by atoms with van der Waals surface area (Å²) in [6.07, 6.45) is 0.771. The van der Waals surface area contributed by atoms with Crippen molar-refractivity contribution in [3.8, 4) is 0 Å². The number of rotatable bonds is 2. The van der Waals surface area contributed by atoms with Gasteiger partial charge in [0.15, 0.2) is 0 Å². The Morgan fingerprint density at radius 1 is 1.32 bits per heavy atom. The molecule has 0 spiro atoms. The van der Waals surface area contributed by atoms with Gasteiger partial charge in [-0.3, -0.25) is 9.35 Å². The maximum atomic E-state index is 10.5. The topological polar surface area (TPSA) is 105 Å². The molecule has 6 nitrogen and oxygen atoms in total. The van der Waals surface area contributed by atoms with Gasteiger partial charge in [-0.15, -0.1) is 0 Å². The number of hydrogen-bond acceptors (Lipinski definition) is 4. The van der Waals surface area contributed by atoms with Crippen molar-refractivity contribution < 1.29 is 27.3 Å². The Labute approximate surface area is 110 Å². The van der Waals surface area contributed by atoms with Crippen LogP contribution >= 0.6 is 0 Å². The lowest BCUT2D eigenvalue weighted by Gasteiger charge is -1.95. The first kappa shape index (κ1) is 15.2. The monoisotopic (exact) mass is 286 g/mol. The molecule has 1 aromatic heterocycles. The summed E-state index contributed by atoms with van der Waals surface area (Å²) in [6, 6.07) is 7.33. The van der Waals surface area contributed by atoms with Gasteiger partial charge in [-0.05, 0) is 30.7 Å². The molecular weight excluding hydrogens is 272 g/mol. The number of benzene rings is 1. The Hall–Kier alpha value is -1.86. The zero-order valence-corrected chi connectivity index (χ0v) is 11.3. The minimum Gasteiger partial charge on any atom is -0.481 e. The van der Waals surface area contributed by atoms with Crippen LogP contribution in [0.3, 0.4) is 0 Å². The van der Waals surface area contributed by atoms with Crippen molar-refractivity contribution >= 4 is 27.1 Å². The number of furan rings is 1. The number of carbonyl (C=O) groups is 1. The van der Waals surface area contributed by atoms with Gasteiger partial charge in [0.05, 0.1) is 12.7 Å². The van der Waals surface area contributed by atoms with Crippen molar-refractivity contribution in [2.24, 2.45) is 0 Å². The van der Waals surface area contributed by atoms with Crippen LogP contribution in [0.5, 0.6) is 0 Å². The third-order valence-corrected chi connectivity index (χ3v) is 2.06. The Bertz CT molecular complexity index is 675. The Morgan fingerprint density at radius 2 is 1.89 bits per heavy atom. The minimum absolute atomic E-state index is 0.0557. The van der Waals surface area contributed by atoms with E-state index in [4.69, 9.17) is 14.1 Å². The largest absolute Gasteiger partial charge is 0.481 e. The first-order chi connectivity index (χ1) is 8.65. The van der Waals surface area contributed by atoms with Crippen LogP contribution in [0.1, 0.15) is 11.3 Å². The maximum Gasteiger partial charge on any atom is 0.307 e. The molecule has 0 unspecified atom stereocenters. The number of carboxylic acids is 1. The van der Waals surface area contributed by atoms with Gasteiger partial charge in [0.25, 0.3) is 10.1 Å². The maximum absolute atomic E-state index is 10.5. The molecule has 19 heavy (non-hydrogen) atoms. The second-order valence-electron chi connectivity index (χ2n) is 4.03. The highest BCUT2D eigenvalue weighted by molar-refractivity contribution is 7.85. The molecule has 0 saturated carbocycles. The van der Waals surface area contributed by atoms with Gasteiger partial charge in [0.2, 0.25) is 0 Å². The van der Waals surface area contributed by atoms with Crippen molar-refractivity contribution in [3.63, 3.8) is 0 Å². The molecule has 0 aliphatic heterocycles. The molecule has 2 N–H and O–H groups in total. The zero-order chi connectivity index (χ0) is 14.6. The van der Waals surface area contributed by atoms with Crippen molar-refractivity contribution in [1.29, 1.82) is 0 Å². The molecule has 0 aliphatic carbocycles. The first-order valence-corrected chi connectivity index (χ1v) is 7.13. The molecule has 2 aromatic rings. The molecule has 0 amide bonds. The molecular formula is C12H14O6S. The van der Waals surface area contributed by atoms with Gasteiger partial charge in [-0.25, -0.2) is 0 Å². The Balaban J connectivity index is 0.000000312. The van der Waals surface area contributed by atoms with Crippen LogP contribution in [0.2, 0.25) is 0 Å². The van der Waals surface area contributed by atoms with Crippen LogP contribution in [-0.4, -0.2) is 30.3 Å². The van der Waals surface area contributed by atoms with Crippen LogP contribution in [-0.2, 0) is 21.3 Å². The summed E-state index contributed by atoms with van der Waals surface area (Å²) in [4.78, 5) is 10.5. The van der Waals surface area contributed by atoms with E-state index >= 15 is 0 Å². The number of aliphatic carboxylic acids is 1. The van der Waals surface area contributed by atoms with E-state index in [1.165, 1.54) is 0 Å². The van der Waals surface area contributed by atoms with Gasteiger partial charge < -0.3 is 9.52 Å². The van der Waals surface area contributed by atoms with Gasteiger partial charge in [0.1, 0.15) is 11.3 Å². The predicted molar refractivity (Wildman–Crippen MR) is 69.8 cm³/mol. The van der Waals surface area contributed by atoms with Gasteiger partial charge >= 0.3 is 5.97 Å². The lowest BCUT2D eigenvalue weighted by Crippen LogP contribution is -1.99. The number of carboxylic acid groups (broad SMARTS) is 1. The van der Waals surface area contributed by atoms with E-state index in [9.17, 15) is 13.2 Å². The number of aryl methyl sites for hydroxylation is 1. The molecule has 0 saturated heterocycles. The quantitative estimate of drug-likeness (QED) is 0.816. The minimum atomic E-state index is -3.67. The summed E-state index contributed by atoms with van der Waals surface area (Å²) in [7, 11) is -3.67. The van der Waals surface area contributed by atoms with Crippen molar-refractivity contribution in [2.75, 3.05) is 6.26 Å². The van der Waals surface area contributed by atoms with Crippen molar-refractivity contribution in [1.82, 2.24) is 0 Å². The summed E-state index contributed by atoms with van der Waals surface area (Å²) in [6.45, 7) is 1.87. The molecule has 1 heterocycles. The predicted octanol–water partition coefficient (Wildman–Crippen LogP) is 1.87. The molecule has 1 aromatic carbocycles. The van der Waals surface area contributed by atoms with Crippen molar-refractivity contribution in [3.05, 3.63) is 35.6 Å². The highest BCUT2D eigenvalue weighted by atomic mass is 32.2.